The molecular weight excluding hydrogens is 374 g/mol. The molecule has 2 aromatic carbocycles. The summed E-state index contributed by atoms with van der Waals surface area (Å²) in [6.45, 7) is 1.71. The van der Waals surface area contributed by atoms with E-state index in [0.29, 0.717) is 5.89 Å². The Balaban J connectivity index is 1.43. The molecule has 1 heterocycles. The third-order valence-electron chi connectivity index (χ3n) is 4.88. The van der Waals surface area contributed by atoms with Crippen molar-refractivity contribution < 1.29 is 23.8 Å². The molecule has 2 N–H and O–H groups in total. The highest BCUT2D eigenvalue weighted by Crippen LogP contribution is 2.44. The second kappa shape index (κ2) is 7.75. The number of fused-ring (bicyclic) bond motifs is 3. The number of amides is 1. The minimum absolute atomic E-state index is 0.102. The number of hydrogen-bond donors (Lipinski definition) is 2. The van der Waals surface area contributed by atoms with Crippen LogP contribution in [0.25, 0.3) is 11.1 Å². The van der Waals surface area contributed by atoms with Crippen molar-refractivity contribution >= 4 is 12.1 Å². The summed E-state index contributed by atoms with van der Waals surface area (Å²) in [6, 6.07) is 14.7. The molecule has 8 heteroatoms. The lowest BCUT2D eigenvalue weighted by atomic mass is 9.98. The van der Waals surface area contributed by atoms with Gasteiger partial charge in [0.05, 0.1) is 6.42 Å². The Hall–Kier alpha value is -3.68. The standard InChI is InChI=1S/C21H19N3O5/c1-12-23-24-19(29-12)10-18(20(25)26)22-21(27)28-11-17-15-8-4-2-6-13(15)14-7-3-5-9-16(14)17/h2-9,17-18H,10-11H2,1H3,(H,22,27)(H,25,26)/t18-/m0/s1. The zero-order valence-corrected chi connectivity index (χ0v) is 15.7. The Morgan fingerprint density at radius 3 is 2.28 bits per heavy atom. The van der Waals surface area contributed by atoms with Crippen LogP contribution in [0.5, 0.6) is 0 Å². The lowest BCUT2D eigenvalue weighted by Crippen LogP contribution is -2.43. The van der Waals surface area contributed by atoms with Gasteiger partial charge in [0, 0.05) is 12.8 Å². The van der Waals surface area contributed by atoms with Gasteiger partial charge in [-0.25, -0.2) is 9.59 Å². The van der Waals surface area contributed by atoms with Crippen LogP contribution >= 0.6 is 0 Å². The van der Waals surface area contributed by atoms with Gasteiger partial charge in [-0.1, -0.05) is 48.5 Å². The lowest BCUT2D eigenvalue weighted by molar-refractivity contribution is -0.139. The number of carbonyl (C=O) groups excluding carboxylic acids is 1. The van der Waals surface area contributed by atoms with Crippen LogP contribution in [0.3, 0.4) is 0 Å². The summed E-state index contributed by atoms with van der Waals surface area (Å²) in [4.78, 5) is 23.7. The minimum Gasteiger partial charge on any atom is -0.480 e. The zero-order valence-electron chi connectivity index (χ0n) is 15.7. The summed E-state index contributed by atoms with van der Waals surface area (Å²) in [5, 5.41) is 19.1. The number of alkyl carbamates (subject to hydrolysis) is 1. The molecule has 0 bridgehead atoms. The number of carbonyl (C=O) groups is 2. The van der Waals surface area contributed by atoms with Gasteiger partial charge < -0.3 is 19.6 Å². The molecule has 0 radical (unpaired) electrons. The largest absolute Gasteiger partial charge is 0.480 e. The van der Waals surface area contributed by atoms with Crippen LogP contribution in [0.4, 0.5) is 4.79 Å². The lowest BCUT2D eigenvalue weighted by Gasteiger charge is -2.16. The molecule has 1 amide bonds. The molecule has 1 aliphatic rings. The average Bonchev–Trinajstić information content (AvgIpc) is 3.27. The van der Waals surface area contributed by atoms with Crippen LogP contribution in [0, 0.1) is 6.92 Å². The first kappa shape index (κ1) is 18.7. The zero-order chi connectivity index (χ0) is 20.4. The van der Waals surface area contributed by atoms with Gasteiger partial charge in [0.2, 0.25) is 11.8 Å². The summed E-state index contributed by atoms with van der Waals surface area (Å²) in [5.41, 5.74) is 4.40. The van der Waals surface area contributed by atoms with Gasteiger partial charge in [0.1, 0.15) is 12.6 Å². The third-order valence-corrected chi connectivity index (χ3v) is 4.88. The predicted molar refractivity (Wildman–Crippen MR) is 102 cm³/mol. The van der Waals surface area contributed by atoms with Crippen molar-refractivity contribution in [1.29, 1.82) is 0 Å². The molecule has 0 spiro atoms. The van der Waals surface area contributed by atoms with E-state index in [1.54, 1.807) is 6.92 Å². The Kier molecular flexibility index (Phi) is 4.99. The van der Waals surface area contributed by atoms with Crippen LogP contribution in [0.2, 0.25) is 0 Å². The van der Waals surface area contributed by atoms with Crippen molar-refractivity contribution in [3.63, 3.8) is 0 Å². The fourth-order valence-corrected chi connectivity index (χ4v) is 3.58. The summed E-state index contributed by atoms with van der Waals surface area (Å²) < 4.78 is 10.6. The highest BCUT2D eigenvalue weighted by atomic mass is 16.5. The number of aromatic nitrogens is 2. The second-order valence-electron chi connectivity index (χ2n) is 6.78. The maximum Gasteiger partial charge on any atom is 0.407 e. The number of ether oxygens (including phenoxy) is 1. The first-order valence-corrected chi connectivity index (χ1v) is 9.16. The van der Waals surface area contributed by atoms with Gasteiger partial charge in [-0.05, 0) is 22.3 Å². The van der Waals surface area contributed by atoms with E-state index in [1.807, 2.05) is 48.5 Å². The molecule has 4 rings (SSSR count). The number of carboxylic acids is 1. The van der Waals surface area contributed by atoms with Crippen LogP contribution in [-0.4, -0.2) is 40.0 Å². The maximum atomic E-state index is 12.3. The Morgan fingerprint density at radius 2 is 1.72 bits per heavy atom. The van der Waals surface area contributed by atoms with Crippen molar-refractivity contribution in [2.75, 3.05) is 6.61 Å². The quantitative estimate of drug-likeness (QED) is 0.662. The third kappa shape index (κ3) is 3.82. The van der Waals surface area contributed by atoms with Crippen molar-refractivity contribution in [1.82, 2.24) is 15.5 Å². The molecular formula is C21H19N3O5. The number of nitrogens with one attached hydrogen (secondary N) is 1. The topological polar surface area (TPSA) is 115 Å². The summed E-state index contributed by atoms with van der Waals surface area (Å²) in [6.07, 6.45) is -0.934. The van der Waals surface area contributed by atoms with Crippen molar-refractivity contribution in [2.45, 2.75) is 25.3 Å². The van der Waals surface area contributed by atoms with Crippen molar-refractivity contribution in [3.8, 4) is 11.1 Å². The Bertz CT molecular complexity index is 1020. The number of aryl methyl sites for hydroxylation is 1. The van der Waals surface area contributed by atoms with Gasteiger partial charge in [-0.15, -0.1) is 10.2 Å². The van der Waals surface area contributed by atoms with Gasteiger partial charge in [0.15, 0.2) is 0 Å². The first-order chi connectivity index (χ1) is 14.0. The molecule has 0 saturated heterocycles. The highest BCUT2D eigenvalue weighted by Gasteiger charge is 2.30. The fourth-order valence-electron chi connectivity index (χ4n) is 3.58. The SMILES string of the molecule is Cc1nnc(C[C@H](NC(=O)OCC2c3ccccc3-c3ccccc32)C(=O)O)o1. The molecule has 148 valence electrons. The number of benzene rings is 2. The normalized spacial score (nSPS) is 13.4. The van der Waals surface area contributed by atoms with Gasteiger partial charge >= 0.3 is 12.1 Å². The summed E-state index contributed by atoms with van der Waals surface area (Å²) in [5.74, 6) is -0.858. The van der Waals surface area contributed by atoms with Crippen LogP contribution in [0.1, 0.15) is 28.8 Å². The number of aliphatic carboxylic acids is 1. The van der Waals surface area contributed by atoms with Gasteiger partial charge in [-0.2, -0.15) is 0 Å². The minimum atomic E-state index is -1.23. The van der Waals surface area contributed by atoms with E-state index < -0.39 is 18.1 Å². The maximum absolute atomic E-state index is 12.3. The number of carboxylic acid groups (broad SMARTS) is 1. The number of nitrogens with zero attached hydrogens (tertiary/aromatic N) is 2. The van der Waals surface area contributed by atoms with Gasteiger partial charge in [-0.3, -0.25) is 0 Å². The molecule has 0 saturated carbocycles. The molecule has 0 unspecified atom stereocenters. The van der Waals surface area contributed by atoms with E-state index in [4.69, 9.17) is 9.15 Å². The van der Waals surface area contributed by atoms with Crippen molar-refractivity contribution in [2.24, 2.45) is 0 Å². The van der Waals surface area contributed by atoms with E-state index >= 15 is 0 Å². The van der Waals surface area contributed by atoms with Crippen LogP contribution < -0.4 is 5.32 Å². The smallest absolute Gasteiger partial charge is 0.407 e. The molecule has 0 fully saturated rings. The van der Waals surface area contributed by atoms with Crippen LogP contribution in [-0.2, 0) is 16.0 Å². The van der Waals surface area contributed by atoms with E-state index in [2.05, 4.69) is 15.5 Å². The van der Waals surface area contributed by atoms with Crippen LogP contribution in [0.15, 0.2) is 52.9 Å². The monoisotopic (exact) mass is 393 g/mol. The average molecular weight is 393 g/mol. The van der Waals surface area contributed by atoms with E-state index in [9.17, 15) is 14.7 Å². The van der Waals surface area contributed by atoms with Gasteiger partial charge in [0.25, 0.3) is 0 Å². The summed E-state index contributed by atoms with van der Waals surface area (Å²) in [7, 11) is 0. The molecule has 3 aromatic rings. The van der Waals surface area contributed by atoms with Crippen molar-refractivity contribution in [3.05, 3.63) is 71.4 Å². The highest BCUT2D eigenvalue weighted by molar-refractivity contribution is 5.81. The Morgan fingerprint density at radius 1 is 1.10 bits per heavy atom. The van der Waals surface area contributed by atoms with E-state index in [1.165, 1.54) is 0 Å². The molecule has 29 heavy (non-hydrogen) atoms. The first-order valence-electron chi connectivity index (χ1n) is 9.16. The molecule has 1 atom stereocenters. The number of hydrogen-bond acceptors (Lipinski definition) is 6. The van der Waals surface area contributed by atoms with E-state index in [0.717, 1.165) is 22.3 Å². The predicted octanol–water partition coefficient (Wildman–Crippen LogP) is 2.91. The molecule has 8 nitrogen and oxygen atoms in total. The number of rotatable bonds is 6. The molecule has 0 aliphatic heterocycles. The summed E-state index contributed by atoms with van der Waals surface area (Å²) >= 11 is 0. The van der Waals surface area contributed by atoms with E-state index in [-0.39, 0.29) is 24.8 Å². The second-order valence-corrected chi connectivity index (χ2v) is 6.78. The Labute approximate surface area is 166 Å². The fraction of sp³-hybridized carbons (Fsp3) is 0.238. The molecule has 1 aromatic heterocycles. The molecule has 1 aliphatic carbocycles.